The fourth-order valence-electron chi connectivity index (χ4n) is 1.37. The Morgan fingerprint density at radius 3 is 3.00 bits per heavy atom. The number of aromatic amines is 1. The van der Waals surface area contributed by atoms with Crippen LogP contribution in [-0.2, 0) is 0 Å². The summed E-state index contributed by atoms with van der Waals surface area (Å²) < 4.78 is 0. The van der Waals surface area contributed by atoms with Crippen LogP contribution in [0.4, 0.5) is 0 Å². The van der Waals surface area contributed by atoms with Crippen LogP contribution in [-0.4, -0.2) is 25.4 Å². The molecule has 3 aromatic rings. The molecule has 0 aliphatic heterocycles. The lowest BCUT2D eigenvalue weighted by Gasteiger charge is -1.93. The molecule has 0 amide bonds. The zero-order valence-electron chi connectivity index (χ0n) is 6.60. The third kappa shape index (κ3) is 0.807. The van der Waals surface area contributed by atoms with E-state index in [1.54, 1.807) is 6.20 Å². The molecule has 0 atom stereocenters. The normalized spacial score (nSPS) is 11.1. The molecule has 1 N–H and O–H groups in total. The minimum Gasteiger partial charge on any atom is -0.244 e. The molecule has 62 valence electrons. The smallest absolute Gasteiger partial charge is 0.123 e. The van der Waals surface area contributed by atoms with E-state index >= 15 is 0 Å². The van der Waals surface area contributed by atoms with Gasteiger partial charge in [0.15, 0.2) is 0 Å². The van der Waals surface area contributed by atoms with Crippen LogP contribution < -0.4 is 0 Å². The Morgan fingerprint density at radius 2 is 2.00 bits per heavy atom. The van der Waals surface area contributed by atoms with Crippen molar-refractivity contribution in [3.63, 3.8) is 0 Å². The molecule has 0 fully saturated rings. The van der Waals surface area contributed by atoms with Crippen LogP contribution in [0.1, 0.15) is 0 Å². The van der Waals surface area contributed by atoms with Crippen LogP contribution >= 0.6 is 0 Å². The second-order valence-electron chi connectivity index (χ2n) is 2.71. The van der Waals surface area contributed by atoms with Crippen molar-refractivity contribution in [2.24, 2.45) is 0 Å². The fraction of sp³-hybridized carbons (Fsp3) is 0. The highest BCUT2D eigenvalue weighted by molar-refractivity contribution is 6.01. The van der Waals surface area contributed by atoms with Crippen LogP contribution in [0.5, 0.6) is 0 Å². The highest BCUT2D eigenvalue weighted by Gasteiger charge is 2.03. The Hall–Kier alpha value is -2.04. The van der Waals surface area contributed by atoms with Gasteiger partial charge in [-0.1, -0.05) is 0 Å². The Labute approximate surface area is 72.8 Å². The molecule has 0 spiro atoms. The van der Waals surface area contributed by atoms with Crippen molar-refractivity contribution in [3.05, 3.63) is 24.7 Å². The molecular formula is C8H5N5. The van der Waals surface area contributed by atoms with E-state index in [1.807, 2.05) is 12.1 Å². The lowest BCUT2D eigenvalue weighted by Crippen LogP contribution is -1.81. The van der Waals surface area contributed by atoms with Crippen LogP contribution in [0.25, 0.3) is 21.9 Å². The molecule has 0 radical (unpaired) electrons. The molecule has 0 saturated heterocycles. The molecule has 0 unspecified atom stereocenters. The Bertz CT molecular complexity index is 571. The predicted molar refractivity (Wildman–Crippen MR) is 47.0 cm³/mol. The first kappa shape index (κ1) is 6.47. The molecule has 13 heavy (non-hydrogen) atoms. The summed E-state index contributed by atoms with van der Waals surface area (Å²) >= 11 is 0. The highest BCUT2D eigenvalue weighted by atomic mass is 15.3. The number of hydrogen-bond acceptors (Lipinski definition) is 4. The molecule has 2 aromatic heterocycles. The number of benzene rings is 1. The number of fused-ring (bicyclic) bond motifs is 3. The van der Waals surface area contributed by atoms with Gasteiger partial charge >= 0.3 is 0 Å². The number of nitrogens with one attached hydrogen (secondary N) is 1. The quantitative estimate of drug-likeness (QED) is 0.545. The summed E-state index contributed by atoms with van der Waals surface area (Å²) in [6.07, 6.45) is 3.27. The van der Waals surface area contributed by atoms with Gasteiger partial charge in [0.1, 0.15) is 17.4 Å². The van der Waals surface area contributed by atoms with Crippen molar-refractivity contribution in [1.82, 2.24) is 25.4 Å². The van der Waals surface area contributed by atoms with Crippen LogP contribution in [0, 0.1) is 0 Å². The zero-order valence-corrected chi connectivity index (χ0v) is 6.60. The van der Waals surface area contributed by atoms with Gasteiger partial charge < -0.3 is 0 Å². The molecule has 1 aromatic carbocycles. The first-order valence-electron chi connectivity index (χ1n) is 3.84. The van der Waals surface area contributed by atoms with Crippen molar-refractivity contribution < 1.29 is 0 Å². The van der Waals surface area contributed by atoms with Gasteiger partial charge in [-0.3, -0.25) is 0 Å². The number of aromatic nitrogens is 5. The van der Waals surface area contributed by atoms with Gasteiger partial charge in [-0.15, -0.1) is 0 Å². The molecule has 5 heteroatoms. The standard InChI is InChI=1S/C8H5N5/c1-2-7-8(12-13-11-7)5-3-9-4-10-6(1)5/h1-4H,(H,11,12,13). The van der Waals surface area contributed by atoms with Crippen molar-refractivity contribution in [2.45, 2.75) is 0 Å². The lowest BCUT2D eigenvalue weighted by atomic mass is 10.2. The first-order chi connectivity index (χ1) is 6.45. The third-order valence-electron chi connectivity index (χ3n) is 1.97. The molecule has 0 aliphatic carbocycles. The minimum atomic E-state index is 0.818. The number of hydrogen-bond donors (Lipinski definition) is 1. The zero-order chi connectivity index (χ0) is 8.67. The summed E-state index contributed by atoms with van der Waals surface area (Å²) in [5, 5.41) is 11.5. The first-order valence-corrected chi connectivity index (χ1v) is 3.84. The molecule has 0 bridgehead atoms. The Morgan fingerprint density at radius 1 is 1.08 bits per heavy atom. The number of nitrogens with zero attached hydrogens (tertiary/aromatic N) is 4. The topological polar surface area (TPSA) is 67.3 Å². The summed E-state index contributed by atoms with van der Waals surface area (Å²) in [6, 6.07) is 3.79. The molecule has 5 nitrogen and oxygen atoms in total. The van der Waals surface area contributed by atoms with Crippen LogP contribution in [0.2, 0.25) is 0 Å². The van der Waals surface area contributed by atoms with Crippen molar-refractivity contribution in [3.8, 4) is 0 Å². The van der Waals surface area contributed by atoms with Crippen molar-refractivity contribution >= 4 is 21.9 Å². The van der Waals surface area contributed by atoms with E-state index in [1.165, 1.54) is 6.33 Å². The van der Waals surface area contributed by atoms with Crippen LogP contribution in [0.15, 0.2) is 24.7 Å². The van der Waals surface area contributed by atoms with Gasteiger partial charge in [-0.2, -0.15) is 15.4 Å². The predicted octanol–water partition coefficient (Wildman–Crippen LogP) is 0.901. The highest BCUT2D eigenvalue weighted by Crippen LogP contribution is 2.18. The summed E-state index contributed by atoms with van der Waals surface area (Å²) in [5.41, 5.74) is 2.54. The summed E-state index contributed by atoms with van der Waals surface area (Å²) in [6.45, 7) is 0. The SMILES string of the molecule is c1ncc2c(ccc3n[nH]nc32)n1. The van der Waals surface area contributed by atoms with E-state index in [4.69, 9.17) is 0 Å². The van der Waals surface area contributed by atoms with Gasteiger partial charge in [-0.25, -0.2) is 9.97 Å². The van der Waals surface area contributed by atoms with E-state index in [0.717, 1.165) is 21.9 Å². The van der Waals surface area contributed by atoms with Gasteiger partial charge in [0.25, 0.3) is 0 Å². The van der Waals surface area contributed by atoms with Crippen molar-refractivity contribution in [1.29, 1.82) is 0 Å². The maximum absolute atomic E-state index is 4.12. The number of rotatable bonds is 0. The van der Waals surface area contributed by atoms with Gasteiger partial charge in [0, 0.05) is 11.6 Å². The fourth-order valence-corrected chi connectivity index (χ4v) is 1.37. The maximum Gasteiger partial charge on any atom is 0.123 e. The molecule has 0 aliphatic rings. The minimum absolute atomic E-state index is 0.818. The lowest BCUT2D eigenvalue weighted by molar-refractivity contribution is 0.960. The van der Waals surface area contributed by atoms with Gasteiger partial charge in [-0.05, 0) is 12.1 Å². The number of H-pyrrole nitrogens is 1. The summed E-state index contributed by atoms with van der Waals surface area (Å²) in [5.74, 6) is 0. The largest absolute Gasteiger partial charge is 0.244 e. The van der Waals surface area contributed by atoms with E-state index < -0.39 is 0 Å². The second kappa shape index (κ2) is 2.22. The Balaban J connectivity index is 2.65. The van der Waals surface area contributed by atoms with E-state index in [2.05, 4.69) is 25.4 Å². The average molecular weight is 171 g/mol. The summed E-state index contributed by atoms with van der Waals surface area (Å²) in [4.78, 5) is 8.07. The van der Waals surface area contributed by atoms with Gasteiger partial charge in [0.2, 0.25) is 0 Å². The Kier molecular flexibility index (Phi) is 1.11. The molecule has 3 rings (SSSR count). The summed E-state index contributed by atoms with van der Waals surface area (Å²) in [7, 11) is 0. The molecule has 2 heterocycles. The van der Waals surface area contributed by atoms with E-state index in [9.17, 15) is 0 Å². The average Bonchev–Trinajstić information content (AvgIpc) is 2.65. The van der Waals surface area contributed by atoms with E-state index in [0.29, 0.717) is 0 Å². The van der Waals surface area contributed by atoms with Crippen LogP contribution in [0.3, 0.4) is 0 Å². The van der Waals surface area contributed by atoms with Gasteiger partial charge in [0.05, 0.1) is 5.52 Å². The molecule has 0 saturated carbocycles. The van der Waals surface area contributed by atoms with E-state index in [-0.39, 0.29) is 0 Å². The third-order valence-corrected chi connectivity index (χ3v) is 1.97. The maximum atomic E-state index is 4.12. The second-order valence-corrected chi connectivity index (χ2v) is 2.71. The monoisotopic (exact) mass is 171 g/mol. The molecular weight excluding hydrogens is 166 g/mol. The van der Waals surface area contributed by atoms with Crippen molar-refractivity contribution in [2.75, 3.05) is 0 Å².